The summed E-state index contributed by atoms with van der Waals surface area (Å²) in [5, 5.41) is 10.0. The highest BCUT2D eigenvalue weighted by Crippen LogP contribution is 2.32. The number of hydrogen-bond acceptors (Lipinski definition) is 4. The number of ether oxygens (including phenoxy) is 2. The van der Waals surface area contributed by atoms with Gasteiger partial charge in [-0.3, -0.25) is 4.99 Å². The third-order valence-corrected chi connectivity index (χ3v) is 5.61. The number of benzene rings is 1. The van der Waals surface area contributed by atoms with Gasteiger partial charge in [0, 0.05) is 31.6 Å². The van der Waals surface area contributed by atoms with Crippen molar-refractivity contribution in [2.24, 2.45) is 4.99 Å². The van der Waals surface area contributed by atoms with E-state index in [2.05, 4.69) is 33.1 Å². The fraction of sp³-hybridized carbons (Fsp3) is 0.652. The summed E-state index contributed by atoms with van der Waals surface area (Å²) in [6.45, 7) is 7.22. The van der Waals surface area contributed by atoms with E-state index in [1.165, 1.54) is 5.56 Å². The molecule has 1 aliphatic carbocycles. The van der Waals surface area contributed by atoms with E-state index in [4.69, 9.17) is 9.47 Å². The van der Waals surface area contributed by atoms with E-state index in [9.17, 15) is 4.79 Å². The Hall–Kier alpha value is -1.71. The summed E-state index contributed by atoms with van der Waals surface area (Å²) in [6.07, 6.45) is 4.51. The van der Waals surface area contributed by atoms with Gasteiger partial charge in [0.15, 0.2) is 5.96 Å². The molecule has 1 amide bonds. The fourth-order valence-corrected chi connectivity index (χ4v) is 4.09. The number of aliphatic imine (C=N–C) groups is 1. The summed E-state index contributed by atoms with van der Waals surface area (Å²) < 4.78 is 11.1. The molecule has 174 valence electrons. The first-order valence-electron chi connectivity index (χ1n) is 11.0. The predicted molar refractivity (Wildman–Crippen MR) is 135 cm³/mol. The maximum Gasteiger partial charge on any atom is 0.407 e. The molecule has 0 radical (unpaired) electrons. The average molecular weight is 544 g/mol. The number of carbonyl (C=O) groups excluding carboxylic acids is 1. The maximum absolute atomic E-state index is 12.0. The van der Waals surface area contributed by atoms with Crippen molar-refractivity contribution in [1.82, 2.24) is 16.0 Å². The number of nitrogens with zero attached hydrogens (tertiary/aromatic N) is 1. The zero-order chi connectivity index (χ0) is 21.6. The fourth-order valence-electron chi connectivity index (χ4n) is 4.09. The standard InChI is InChI=1S/C23H36N4O3.HI/c1-23(2,3)30-22(28)27-18-11-9-17(10-12-18)26-21(24-4)25-15-16-13-14-29-20-8-6-5-7-19(16)20;/h5-8,16-18H,9-15H2,1-4H3,(H,27,28)(H2,24,25,26);1H. The van der Waals surface area contributed by atoms with Gasteiger partial charge in [0.2, 0.25) is 0 Å². The minimum absolute atomic E-state index is 0. The topological polar surface area (TPSA) is 84.0 Å². The lowest BCUT2D eigenvalue weighted by Gasteiger charge is -2.32. The number of alkyl carbamates (subject to hydrolysis) is 1. The molecule has 8 heteroatoms. The second kappa shape index (κ2) is 11.8. The Kier molecular flexibility index (Phi) is 9.71. The van der Waals surface area contributed by atoms with Crippen LogP contribution in [-0.4, -0.2) is 49.9 Å². The molecule has 1 unspecified atom stereocenters. The van der Waals surface area contributed by atoms with Crippen LogP contribution in [0.1, 0.15) is 64.4 Å². The molecule has 1 heterocycles. The zero-order valence-corrected chi connectivity index (χ0v) is 21.4. The third-order valence-electron chi connectivity index (χ3n) is 5.61. The van der Waals surface area contributed by atoms with Crippen LogP contribution in [0.4, 0.5) is 4.79 Å². The van der Waals surface area contributed by atoms with E-state index in [0.29, 0.717) is 12.0 Å². The Labute approximate surface area is 203 Å². The van der Waals surface area contributed by atoms with Gasteiger partial charge in [0.05, 0.1) is 6.61 Å². The Morgan fingerprint density at radius 1 is 1.10 bits per heavy atom. The lowest BCUT2D eigenvalue weighted by atomic mass is 9.91. The first kappa shape index (κ1) is 25.5. The molecule has 0 bridgehead atoms. The van der Waals surface area contributed by atoms with Crippen LogP contribution in [0.2, 0.25) is 0 Å². The molecule has 31 heavy (non-hydrogen) atoms. The minimum atomic E-state index is -0.466. The van der Waals surface area contributed by atoms with Gasteiger partial charge in [0.25, 0.3) is 0 Å². The van der Waals surface area contributed by atoms with E-state index < -0.39 is 5.60 Å². The highest BCUT2D eigenvalue weighted by atomic mass is 127. The Bertz CT molecular complexity index is 743. The zero-order valence-electron chi connectivity index (χ0n) is 19.1. The van der Waals surface area contributed by atoms with Gasteiger partial charge in [-0.2, -0.15) is 0 Å². The number of amides is 1. The average Bonchev–Trinajstić information content (AvgIpc) is 2.71. The SMILES string of the molecule is CN=C(NCC1CCOc2ccccc21)NC1CCC(NC(=O)OC(C)(C)C)CC1.I. The number of nitrogens with one attached hydrogen (secondary N) is 3. The van der Waals surface area contributed by atoms with Gasteiger partial charge >= 0.3 is 6.09 Å². The summed E-state index contributed by atoms with van der Waals surface area (Å²) in [4.78, 5) is 16.4. The van der Waals surface area contributed by atoms with Gasteiger partial charge in [-0.05, 0) is 64.5 Å². The van der Waals surface area contributed by atoms with E-state index in [-0.39, 0.29) is 36.1 Å². The van der Waals surface area contributed by atoms with Gasteiger partial charge in [-0.25, -0.2) is 4.79 Å². The van der Waals surface area contributed by atoms with Crippen LogP contribution >= 0.6 is 24.0 Å². The summed E-state index contributed by atoms with van der Waals surface area (Å²) in [5.41, 5.74) is 0.798. The van der Waals surface area contributed by atoms with Gasteiger partial charge in [-0.1, -0.05) is 18.2 Å². The van der Waals surface area contributed by atoms with E-state index >= 15 is 0 Å². The molecule has 2 aliphatic rings. The second-order valence-electron chi connectivity index (χ2n) is 9.16. The number of para-hydroxylation sites is 1. The molecule has 7 nitrogen and oxygen atoms in total. The largest absolute Gasteiger partial charge is 0.493 e. The van der Waals surface area contributed by atoms with Crippen LogP contribution in [0, 0.1) is 0 Å². The van der Waals surface area contributed by atoms with Crippen molar-refractivity contribution in [2.45, 2.75) is 76.5 Å². The van der Waals surface area contributed by atoms with Crippen molar-refractivity contribution < 1.29 is 14.3 Å². The number of fused-ring (bicyclic) bond motifs is 1. The number of hydrogen-bond donors (Lipinski definition) is 3. The Morgan fingerprint density at radius 3 is 2.39 bits per heavy atom. The molecule has 1 aliphatic heterocycles. The minimum Gasteiger partial charge on any atom is -0.493 e. The van der Waals surface area contributed by atoms with Crippen LogP contribution < -0.4 is 20.7 Å². The van der Waals surface area contributed by atoms with Gasteiger partial charge in [-0.15, -0.1) is 24.0 Å². The molecule has 0 saturated heterocycles. The second-order valence-corrected chi connectivity index (χ2v) is 9.16. The molecule has 0 aromatic heterocycles. The number of carbonyl (C=O) groups is 1. The Balaban J connectivity index is 0.00000341. The van der Waals surface area contributed by atoms with E-state index in [0.717, 1.165) is 57.0 Å². The first-order chi connectivity index (χ1) is 14.3. The first-order valence-corrected chi connectivity index (χ1v) is 11.0. The van der Waals surface area contributed by atoms with Crippen LogP contribution in [0.25, 0.3) is 0 Å². The van der Waals surface area contributed by atoms with Crippen molar-refractivity contribution in [1.29, 1.82) is 0 Å². The molecule has 1 saturated carbocycles. The molecule has 1 fully saturated rings. The highest BCUT2D eigenvalue weighted by Gasteiger charge is 2.26. The quantitative estimate of drug-likeness (QED) is 0.301. The van der Waals surface area contributed by atoms with Crippen LogP contribution in [0.15, 0.2) is 29.3 Å². The van der Waals surface area contributed by atoms with Crippen molar-refractivity contribution in [3.8, 4) is 5.75 Å². The van der Waals surface area contributed by atoms with Crippen LogP contribution in [0.5, 0.6) is 5.75 Å². The van der Waals surface area contributed by atoms with Crippen molar-refractivity contribution in [3.05, 3.63) is 29.8 Å². The van der Waals surface area contributed by atoms with Gasteiger partial charge in [0.1, 0.15) is 11.4 Å². The molecule has 1 aromatic carbocycles. The lowest BCUT2D eigenvalue weighted by molar-refractivity contribution is 0.0490. The third kappa shape index (κ3) is 8.05. The van der Waals surface area contributed by atoms with Crippen LogP contribution in [0.3, 0.4) is 0 Å². The predicted octanol–water partition coefficient (Wildman–Crippen LogP) is 4.17. The number of halogens is 1. The lowest BCUT2D eigenvalue weighted by Crippen LogP contribution is -2.48. The molecular weight excluding hydrogens is 507 g/mol. The summed E-state index contributed by atoms with van der Waals surface area (Å²) in [6, 6.07) is 8.80. The molecule has 1 aromatic rings. The monoisotopic (exact) mass is 544 g/mol. The summed E-state index contributed by atoms with van der Waals surface area (Å²) in [5.74, 6) is 2.25. The maximum atomic E-state index is 12.0. The summed E-state index contributed by atoms with van der Waals surface area (Å²) >= 11 is 0. The summed E-state index contributed by atoms with van der Waals surface area (Å²) in [7, 11) is 1.81. The Morgan fingerprint density at radius 2 is 1.74 bits per heavy atom. The van der Waals surface area contributed by atoms with Crippen molar-refractivity contribution >= 4 is 36.0 Å². The molecular formula is C23H37IN4O3. The number of guanidine groups is 1. The highest BCUT2D eigenvalue weighted by molar-refractivity contribution is 14.0. The van der Waals surface area contributed by atoms with E-state index in [1.807, 2.05) is 40.0 Å². The van der Waals surface area contributed by atoms with Crippen molar-refractivity contribution in [3.63, 3.8) is 0 Å². The molecule has 3 N–H and O–H groups in total. The smallest absolute Gasteiger partial charge is 0.407 e. The number of rotatable bonds is 4. The van der Waals surface area contributed by atoms with Crippen molar-refractivity contribution in [2.75, 3.05) is 20.2 Å². The molecule has 3 rings (SSSR count). The molecule has 1 atom stereocenters. The van der Waals surface area contributed by atoms with E-state index in [1.54, 1.807) is 0 Å². The van der Waals surface area contributed by atoms with Crippen LogP contribution in [-0.2, 0) is 4.74 Å². The normalized spacial score (nSPS) is 23.5. The van der Waals surface area contributed by atoms with Gasteiger partial charge < -0.3 is 25.4 Å². The molecule has 0 spiro atoms.